The molecule has 0 fully saturated rings. The molecule has 152 valence electrons. The Kier molecular flexibility index (Phi) is 4.91. The van der Waals surface area contributed by atoms with Crippen LogP contribution in [0, 0.1) is 20.8 Å². The van der Waals surface area contributed by atoms with Gasteiger partial charge in [0.2, 0.25) is 0 Å². The third-order valence-electron chi connectivity index (χ3n) is 4.98. The lowest BCUT2D eigenvalue weighted by atomic mass is 10.1. The van der Waals surface area contributed by atoms with E-state index in [0.29, 0.717) is 22.4 Å². The van der Waals surface area contributed by atoms with Crippen molar-refractivity contribution in [3.63, 3.8) is 0 Å². The number of nitrogens with zero attached hydrogens (tertiary/aromatic N) is 2. The Hall–Kier alpha value is -3.45. The molecule has 3 aromatic carbocycles. The van der Waals surface area contributed by atoms with Crippen LogP contribution in [-0.2, 0) is 10.0 Å². The molecule has 4 rings (SSSR count). The molecule has 0 atom stereocenters. The molecule has 7 heteroatoms. The Morgan fingerprint density at radius 1 is 0.900 bits per heavy atom. The molecule has 1 aromatic heterocycles. The smallest absolute Gasteiger partial charge is 0.265 e. The van der Waals surface area contributed by atoms with Crippen molar-refractivity contribution in [3.8, 4) is 5.69 Å². The van der Waals surface area contributed by atoms with Crippen LogP contribution in [0.15, 0.2) is 76.4 Å². The lowest BCUT2D eigenvalue weighted by molar-refractivity contribution is 0.601. The van der Waals surface area contributed by atoms with Gasteiger partial charge in [0, 0.05) is 0 Å². The van der Waals surface area contributed by atoms with Crippen molar-refractivity contribution >= 4 is 26.6 Å². The highest BCUT2D eigenvalue weighted by atomic mass is 32.2. The molecule has 0 aliphatic carbocycles. The third-order valence-corrected chi connectivity index (χ3v) is 6.37. The highest BCUT2D eigenvalue weighted by Crippen LogP contribution is 2.21. The zero-order valence-corrected chi connectivity index (χ0v) is 17.7. The summed E-state index contributed by atoms with van der Waals surface area (Å²) in [6.07, 6.45) is 0. The second-order valence-electron chi connectivity index (χ2n) is 7.24. The van der Waals surface area contributed by atoms with Crippen LogP contribution in [0.2, 0.25) is 0 Å². The lowest BCUT2D eigenvalue weighted by Gasteiger charge is -2.14. The number of hydrogen-bond acceptors (Lipinski definition) is 4. The molecular formula is C23H21N3O3S. The van der Waals surface area contributed by atoms with Crippen molar-refractivity contribution in [2.24, 2.45) is 0 Å². The summed E-state index contributed by atoms with van der Waals surface area (Å²) in [7, 11) is -3.74. The molecule has 0 spiro atoms. The topological polar surface area (TPSA) is 81.1 Å². The fourth-order valence-corrected chi connectivity index (χ4v) is 4.44. The lowest BCUT2D eigenvalue weighted by Crippen LogP contribution is -2.23. The van der Waals surface area contributed by atoms with E-state index in [2.05, 4.69) is 9.71 Å². The van der Waals surface area contributed by atoms with Gasteiger partial charge in [-0.2, -0.15) is 0 Å². The van der Waals surface area contributed by atoms with Crippen LogP contribution < -0.4 is 10.3 Å². The normalized spacial score (nSPS) is 11.6. The average molecular weight is 420 g/mol. The summed E-state index contributed by atoms with van der Waals surface area (Å²) >= 11 is 0. The van der Waals surface area contributed by atoms with Gasteiger partial charge in [0.05, 0.1) is 27.2 Å². The predicted octanol–water partition coefficient (Wildman–Crippen LogP) is 4.11. The van der Waals surface area contributed by atoms with Gasteiger partial charge < -0.3 is 0 Å². The van der Waals surface area contributed by atoms with Gasteiger partial charge in [-0.05, 0) is 62.7 Å². The molecule has 4 aromatic rings. The van der Waals surface area contributed by atoms with Crippen LogP contribution >= 0.6 is 0 Å². The Balaban J connectivity index is 1.77. The molecule has 6 nitrogen and oxygen atoms in total. The summed E-state index contributed by atoms with van der Waals surface area (Å²) in [5, 5.41) is 0.419. The molecule has 0 bridgehead atoms. The summed E-state index contributed by atoms with van der Waals surface area (Å²) in [5.74, 6) is 0.528. The molecule has 0 radical (unpaired) electrons. The van der Waals surface area contributed by atoms with Crippen molar-refractivity contribution in [2.45, 2.75) is 25.7 Å². The molecular weight excluding hydrogens is 398 g/mol. The molecule has 0 aliphatic heterocycles. The summed E-state index contributed by atoms with van der Waals surface area (Å²) in [6.45, 7) is 5.59. The van der Waals surface area contributed by atoms with E-state index < -0.39 is 10.0 Å². The monoisotopic (exact) mass is 419 g/mol. The first-order chi connectivity index (χ1) is 14.3. The maximum Gasteiger partial charge on any atom is 0.265 e. The number of para-hydroxylation sites is 1. The number of rotatable bonds is 4. The summed E-state index contributed by atoms with van der Waals surface area (Å²) in [5.41, 5.74) is 3.31. The molecule has 0 aliphatic rings. The van der Waals surface area contributed by atoms with Crippen LogP contribution in [0.5, 0.6) is 0 Å². The quantitative estimate of drug-likeness (QED) is 0.540. The predicted molar refractivity (Wildman–Crippen MR) is 119 cm³/mol. The number of aryl methyl sites for hydroxylation is 3. The molecule has 1 heterocycles. The van der Waals surface area contributed by atoms with Crippen LogP contribution in [0.1, 0.15) is 17.0 Å². The minimum Gasteiger partial charge on any atom is -0.280 e. The Bertz CT molecular complexity index is 1420. The summed E-state index contributed by atoms with van der Waals surface area (Å²) in [6, 6.07) is 19.0. The largest absolute Gasteiger partial charge is 0.280 e. The number of hydrogen-bond donors (Lipinski definition) is 1. The molecule has 0 unspecified atom stereocenters. The number of nitrogens with one attached hydrogen (secondary N) is 1. The minimum absolute atomic E-state index is 0.173. The van der Waals surface area contributed by atoms with Crippen molar-refractivity contribution < 1.29 is 8.42 Å². The van der Waals surface area contributed by atoms with Gasteiger partial charge in [0.25, 0.3) is 15.6 Å². The minimum atomic E-state index is -3.74. The number of aromatic nitrogens is 2. The zero-order valence-electron chi connectivity index (χ0n) is 16.9. The first kappa shape index (κ1) is 19.8. The maximum absolute atomic E-state index is 13.1. The third kappa shape index (κ3) is 3.59. The number of sulfonamides is 1. The second kappa shape index (κ2) is 7.42. The fourth-order valence-electron chi connectivity index (χ4n) is 3.39. The van der Waals surface area contributed by atoms with Crippen LogP contribution in [0.3, 0.4) is 0 Å². The van der Waals surface area contributed by atoms with Gasteiger partial charge in [-0.25, -0.2) is 13.4 Å². The van der Waals surface area contributed by atoms with Gasteiger partial charge in [-0.1, -0.05) is 35.9 Å². The van der Waals surface area contributed by atoms with Gasteiger partial charge in [-0.3, -0.25) is 14.1 Å². The van der Waals surface area contributed by atoms with E-state index in [1.807, 2.05) is 38.1 Å². The Morgan fingerprint density at radius 3 is 2.30 bits per heavy atom. The Morgan fingerprint density at radius 2 is 1.60 bits per heavy atom. The average Bonchev–Trinajstić information content (AvgIpc) is 2.69. The first-order valence-corrected chi connectivity index (χ1v) is 10.9. The van der Waals surface area contributed by atoms with Gasteiger partial charge >= 0.3 is 0 Å². The first-order valence-electron chi connectivity index (χ1n) is 9.45. The molecule has 30 heavy (non-hydrogen) atoms. The second-order valence-corrected chi connectivity index (χ2v) is 8.92. The highest BCUT2D eigenvalue weighted by Gasteiger charge is 2.16. The van der Waals surface area contributed by atoms with E-state index in [-0.39, 0.29) is 10.5 Å². The molecule has 0 saturated heterocycles. The van der Waals surface area contributed by atoms with E-state index in [1.54, 1.807) is 54.0 Å². The van der Waals surface area contributed by atoms with Gasteiger partial charge in [0.15, 0.2) is 0 Å². The zero-order chi connectivity index (χ0) is 21.5. The van der Waals surface area contributed by atoms with E-state index in [0.717, 1.165) is 16.8 Å². The van der Waals surface area contributed by atoms with Gasteiger partial charge in [0.1, 0.15) is 5.82 Å². The SMILES string of the molecule is Cc1ccc(S(=O)(=O)Nc2ccc3c(=O)n(-c4ccccc4C)c(C)nc3c2)cc1. The number of benzene rings is 3. The fraction of sp³-hybridized carbons (Fsp3) is 0.130. The molecule has 1 N–H and O–H groups in total. The van der Waals surface area contributed by atoms with Crippen LogP contribution in [0.25, 0.3) is 16.6 Å². The van der Waals surface area contributed by atoms with Crippen molar-refractivity contribution in [3.05, 3.63) is 94.0 Å². The van der Waals surface area contributed by atoms with Crippen molar-refractivity contribution in [1.82, 2.24) is 9.55 Å². The maximum atomic E-state index is 13.1. The van der Waals surface area contributed by atoms with Crippen LogP contribution in [-0.4, -0.2) is 18.0 Å². The van der Waals surface area contributed by atoms with Crippen molar-refractivity contribution in [2.75, 3.05) is 4.72 Å². The van der Waals surface area contributed by atoms with Crippen molar-refractivity contribution in [1.29, 1.82) is 0 Å². The molecule has 0 amide bonds. The standard InChI is InChI=1S/C23H21N3O3S/c1-15-8-11-19(12-9-15)30(28,29)25-18-10-13-20-21(14-18)24-17(3)26(23(20)27)22-7-5-4-6-16(22)2/h4-14,25H,1-3H3. The summed E-state index contributed by atoms with van der Waals surface area (Å²) in [4.78, 5) is 17.9. The highest BCUT2D eigenvalue weighted by molar-refractivity contribution is 7.92. The number of fused-ring (bicyclic) bond motifs is 1. The van der Waals surface area contributed by atoms with Gasteiger partial charge in [-0.15, -0.1) is 0 Å². The van der Waals surface area contributed by atoms with E-state index in [4.69, 9.17) is 0 Å². The Labute approximate surface area is 174 Å². The molecule has 0 saturated carbocycles. The van der Waals surface area contributed by atoms with E-state index >= 15 is 0 Å². The van der Waals surface area contributed by atoms with E-state index in [9.17, 15) is 13.2 Å². The summed E-state index contributed by atoms with van der Waals surface area (Å²) < 4.78 is 29.5. The van der Waals surface area contributed by atoms with Crippen LogP contribution in [0.4, 0.5) is 5.69 Å². The number of anilines is 1. The van der Waals surface area contributed by atoms with E-state index in [1.165, 1.54) is 0 Å².